The zero-order valence-electron chi connectivity index (χ0n) is 38.5. The van der Waals surface area contributed by atoms with E-state index < -0.39 is 71.0 Å². The zero-order chi connectivity index (χ0) is 46.3. The van der Waals surface area contributed by atoms with Crippen LogP contribution in [0, 0.1) is 17.3 Å². The monoisotopic (exact) mass is 859 g/mol. The van der Waals surface area contributed by atoms with E-state index in [1.807, 2.05) is 83.1 Å². The number of ether oxygens (including phenoxy) is 5. The molecule has 2 aromatic carbocycles. The van der Waals surface area contributed by atoms with E-state index in [9.17, 15) is 39.6 Å². The largest absolute Gasteiger partial charge is 0.481 e. The molecule has 4 aliphatic rings. The van der Waals surface area contributed by atoms with Crippen molar-refractivity contribution in [1.82, 2.24) is 0 Å². The smallest absolute Gasteiger partial charge is 0.341 e. The molecule has 2 aliphatic carbocycles. The molecule has 2 aromatic rings. The first kappa shape index (κ1) is 53.4. The minimum absolute atomic E-state index is 0.0162. The van der Waals surface area contributed by atoms with Gasteiger partial charge in [0.1, 0.15) is 24.1 Å². The van der Waals surface area contributed by atoms with Crippen molar-refractivity contribution >= 4 is 23.7 Å². The summed E-state index contributed by atoms with van der Waals surface area (Å²) in [4.78, 5) is 46.8. The van der Waals surface area contributed by atoms with Crippen LogP contribution in [0.15, 0.2) is 60.7 Å². The predicted molar refractivity (Wildman–Crippen MR) is 231 cm³/mol. The highest BCUT2D eigenvalue weighted by molar-refractivity contribution is 5.82. The zero-order valence-corrected chi connectivity index (χ0v) is 38.5. The number of benzene rings is 2. The van der Waals surface area contributed by atoms with Crippen LogP contribution in [-0.4, -0.2) is 97.9 Å². The van der Waals surface area contributed by atoms with Crippen molar-refractivity contribution in [3.8, 4) is 0 Å². The summed E-state index contributed by atoms with van der Waals surface area (Å²) in [6.45, 7) is 21.9. The first-order valence-corrected chi connectivity index (χ1v) is 21.9. The van der Waals surface area contributed by atoms with Crippen LogP contribution >= 0.6 is 0 Å². The van der Waals surface area contributed by atoms with Crippen LogP contribution in [0.1, 0.15) is 133 Å². The number of carbonyl (C=O) groups is 4. The standard InChI is InChI=1S/C19H26O6.C13H20O6.C12H16O.2C2H6/c1-12(8-9-13-6-4-3-5-7-13)17(22)25-15-11-19(2,18(23)24)10-14(20)16(15)21;1-11(2)16-8-6-13(5-7(14)9(8)17-11)10(15)18-12(3,4)19-13;1-10(11(2)13)8-9-12-6-4-3-5-7-12;2*1-2/h3-7,12,14-16,20-21H,8-11H2,1-2H3,(H,23,24);7-9,14H,5-6H2,1-4H3;3-7,10H,8-9H2,1-2H3;2*1-2H3. The highest BCUT2D eigenvalue weighted by Crippen LogP contribution is 2.47. The first-order valence-electron chi connectivity index (χ1n) is 21.9. The topological polar surface area (TPSA) is 195 Å². The lowest BCUT2D eigenvalue weighted by atomic mass is 9.72. The Kier molecular flexibility index (Phi) is 20.7. The Labute approximate surface area is 363 Å². The number of cyclic esters (lactones) is 1. The maximum atomic E-state index is 12.3. The van der Waals surface area contributed by atoms with Crippen LogP contribution in [-0.2, 0) is 55.7 Å². The number of carboxylic acids is 1. The second-order valence-corrected chi connectivity index (χ2v) is 17.3. The molecule has 4 N–H and O–H groups in total. The molecule has 13 heteroatoms. The molecule has 61 heavy (non-hydrogen) atoms. The van der Waals surface area contributed by atoms with Gasteiger partial charge in [-0.15, -0.1) is 0 Å². The van der Waals surface area contributed by atoms with Gasteiger partial charge in [0.15, 0.2) is 11.4 Å². The van der Waals surface area contributed by atoms with Gasteiger partial charge >= 0.3 is 17.9 Å². The van der Waals surface area contributed by atoms with E-state index in [0.29, 0.717) is 12.8 Å². The molecule has 0 aromatic heterocycles. The Hall–Kier alpha value is -3.72. The normalized spacial score (nSPS) is 30.0. The molecular formula is C48H74O13. The summed E-state index contributed by atoms with van der Waals surface area (Å²) >= 11 is 0. The van der Waals surface area contributed by atoms with Crippen molar-refractivity contribution in [2.45, 2.75) is 188 Å². The maximum absolute atomic E-state index is 12.3. The van der Waals surface area contributed by atoms with Crippen LogP contribution < -0.4 is 0 Å². The molecule has 13 nitrogen and oxygen atoms in total. The number of carboxylic acid groups (broad SMARTS) is 1. The first-order chi connectivity index (χ1) is 28.6. The number of hydrogen-bond donors (Lipinski definition) is 4. The SMILES string of the molecule is CC.CC.CC(=O)C(C)CCc1ccccc1.CC(CCc1ccccc1)C(=O)OC1CC(C)(C(=O)O)CC(O)C1O.CC1(C)OC2CC3(CC(O)C2O1)OC(C)(C)OC3=O. The summed E-state index contributed by atoms with van der Waals surface area (Å²) in [7, 11) is 0. The number of aliphatic hydroxyl groups excluding tert-OH is 3. The quantitative estimate of drug-likeness (QED) is 0.173. The number of hydrogen-bond acceptors (Lipinski definition) is 12. The number of aryl methyl sites for hydroxylation is 2. The van der Waals surface area contributed by atoms with Gasteiger partial charge in [-0.05, 0) is 70.9 Å². The van der Waals surface area contributed by atoms with Gasteiger partial charge in [-0.3, -0.25) is 14.4 Å². The van der Waals surface area contributed by atoms with Gasteiger partial charge in [-0.1, -0.05) is 102 Å². The second kappa shape index (κ2) is 23.6. The van der Waals surface area contributed by atoms with Crippen molar-refractivity contribution in [2.75, 3.05) is 0 Å². The van der Waals surface area contributed by atoms with Crippen molar-refractivity contribution in [3.05, 3.63) is 71.8 Å². The van der Waals surface area contributed by atoms with Gasteiger partial charge in [-0.25, -0.2) is 4.79 Å². The number of rotatable bonds is 10. The van der Waals surface area contributed by atoms with Crippen LogP contribution in [0.4, 0.5) is 0 Å². The van der Waals surface area contributed by atoms with Gasteiger partial charge in [0.25, 0.3) is 0 Å². The van der Waals surface area contributed by atoms with Gasteiger partial charge in [-0.2, -0.15) is 0 Å². The Balaban J connectivity index is 0.000000316. The number of carbonyl (C=O) groups excluding carboxylic acids is 3. The molecule has 4 fully saturated rings. The van der Waals surface area contributed by atoms with Crippen molar-refractivity contribution in [2.24, 2.45) is 17.3 Å². The number of aliphatic hydroxyl groups is 3. The van der Waals surface area contributed by atoms with E-state index >= 15 is 0 Å². The number of esters is 2. The van der Waals surface area contributed by atoms with E-state index in [2.05, 4.69) is 12.1 Å². The van der Waals surface area contributed by atoms with Crippen LogP contribution in [0.2, 0.25) is 0 Å². The number of aliphatic carboxylic acids is 1. The van der Waals surface area contributed by atoms with Gasteiger partial charge in [0.05, 0.1) is 29.6 Å². The summed E-state index contributed by atoms with van der Waals surface area (Å²) in [6, 6.07) is 20.1. The Morgan fingerprint density at radius 2 is 1.23 bits per heavy atom. The fourth-order valence-electron chi connectivity index (χ4n) is 7.72. The van der Waals surface area contributed by atoms with Gasteiger partial charge in [0.2, 0.25) is 5.79 Å². The third-order valence-corrected chi connectivity index (χ3v) is 11.2. The lowest BCUT2D eigenvalue weighted by Gasteiger charge is -2.40. The molecule has 6 rings (SSSR count). The minimum atomic E-state index is -1.27. The molecule has 344 valence electrons. The summed E-state index contributed by atoms with van der Waals surface area (Å²) in [6.07, 6.45) is -1.38. The molecule has 10 unspecified atom stereocenters. The molecule has 0 radical (unpaired) electrons. The fourth-order valence-corrected chi connectivity index (χ4v) is 7.72. The summed E-state index contributed by atoms with van der Waals surface area (Å²) in [5.74, 6) is -3.60. The molecule has 0 bridgehead atoms. The third kappa shape index (κ3) is 15.5. The van der Waals surface area contributed by atoms with E-state index in [1.165, 1.54) is 12.5 Å². The average Bonchev–Trinajstić information content (AvgIpc) is 3.65. The Morgan fingerprint density at radius 3 is 1.69 bits per heavy atom. The molecule has 0 amide bonds. The summed E-state index contributed by atoms with van der Waals surface area (Å²) < 4.78 is 27.8. The van der Waals surface area contributed by atoms with E-state index in [4.69, 9.17) is 23.7 Å². The lowest BCUT2D eigenvalue weighted by molar-refractivity contribution is -0.188. The summed E-state index contributed by atoms with van der Waals surface area (Å²) in [5.41, 5.74) is 0.0920. The molecule has 2 aliphatic heterocycles. The number of Topliss-reactive ketones (excluding diaryl/α,β-unsaturated/α-hetero) is 1. The van der Waals surface area contributed by atoms with Crippen LogP contribution in [0.25, 0.3) is 0 Å². The Morgan fingerprint density at radius 1 is 0.721 bits per heavy atom. The van der Waals surface area contributed by atoms with Crippen molar-refractivity contribution < 1.29 is 63.3 Å². The molecule has 2 saturated heterocycles. The van der Waals surface area contributed by atoms with Crippen LogP contribution in [0.5, 0.6) is 0 Å². The molecule has 2 saturated carbocycles. The maximum Gasteiger partial charge on any atom is 0.341 e. The average molecular weight is 859 g/mol. The Bertz CT molecular complexity index is 1660. The molecule has 10 atom stereocenters. The second-order valence-electron chi connectivity index (χ2n) is 17.3. The number of ketones is 1. The van der Waals surface area contributed by atoms with Crippen LogP contribution in [0.3, 0.4) is 0 Å². The van der Waals surface area contributed by atoms with E-state index in [0.717, 1.165) is 24.8 Å². The molecule has 2 heterocycles. The predicted octanol–water partition coefficient (Wildman–Crippen LogP) is 7.38. The van der Waals surface area contributed by atoms with E-state index in [1.54, 1.807) is 41.5 Å². The lowest BCUT2D eigenvalue weighted by Crippen LogP contribution is -2.54. The minimum Gasteiger partial charge on any atom is -0.481 e. The fraction of sp³-hybridized carbons (Fsp3) is 0.667. The molecular weight excluding hydrogens is 785 g/mol. The van der Waals surface area contributed by atoms with Crippen molar-refractivity contribution in [3.63, 3.8) is 0 Å². The summed E-state index contributed by atoms with van der Waals surface area (Å²) in [5, 5.41) is 39.6. The van der Waals surface area contributed by atoms with Crippen molar-refractivity contribution in [1.29, 1.82) is 0 Å². The van der Waals surface area contributed by atoms with Gasteiger partial charge < -0.3 is 44.1 Å². The third-order valence-electron chi connectivity index (χ3n) is 11.2. The molecule has 1 spiro atoms. The van der Waals surface area contributed by atoms with E-state index in [-0.39, 0.29) is 43.0 Å². The highest BCUT2D eigenvalue weighted by Gasteiger charge is 2.63. The number of fused-ring (bicyclic) bond motifs is 1. The highest BCUT2D eigenvalue weighted by atomic mass is 16.8. The van der Waals surface area contributed by atoms with Gasteiger partial charge in [0, 0.05) is 39.0 Å².